The van der Waals surface area contributed by atoms with E-state index in [1.807, 2.05) is 30.9 Å². The zero-order valence-corrected chi connectivity index (χ0v) is 18.9. The molecule has 30 heavy (non-hydrogen) atoms. The number of aromatic nitrogens is 3. The van der Waals surface area contributed by atoms with E-state index in [1.165, 1.54) is 11.1 Å². The maximum atomic E-state index is 5.37. The summed E-state index contributed by atoms with van der Waals surface area (Å²) < 4.78 is 7.30. The summed E-state index contributed by atoms with van der Waals surface area (Å²) in [5.74, 6) is 0.862. The third kappa shape index (κ3) is 5.90. The van der Waals surface area contributed by atoms with Crippen molar-refractivity contribution in [1.29, 1.82) is 0 Å². The topological polar surface area (TPSA) is 67.6 Å². The summed E-state index contributed by atoms with van der Waals surface area (Å²) in [5, 5.41) is 10.8. The van der Waals surface area contributed by atoms with Gasteiger partial charge in [0.25, 0.3) is 0 Å². The molecule has 1 unspecified atom stereocenters. The Labute approximate surface area is 182 Å². The molecule has 1 N–H and O–H groups in total. The number of rotatable bonds is 9. The van der Waals surface area contributed by atoms with Gasteiger partial charge in [-0.3, -0.25) is 4.68 Å². The molecule has 1 aromatic carbocycles. The van der Waals surface area contributed by atoms with Gasteiger partial charge in [-0.1, -0.05) is 24.3 Å². The second kappa shape index (κ2) is 10.9. The molecule has 0 bridgehead atoms. The Morgan fingerprint density at radius 2 is 2.10 bits per heavy atom. The van der Waals surface area contributed by atoms with E-state index in [4.69, 9.17) is 14.7 Å². The lowest BCUT2D eigenvalue weighted by Gasteiger charge is -2.21. The fourth-order valence-corrected chi connectivity index (χ4v) is 3.91. The van der Waals surface area contributed by atoms with Crippen LogP contribution < -0.4 is 5.32 Å². The number of thiazole rings is 1. The lowest BCUT2D eigenvalue weighted by atomic mass is 10.1. The molecule has 0 amide bonds. The average molecular weight is 427 g/mol. The van der Waals surface area contributed by atoms with E-state index < -0.39 is 0 Å². The molecular formula is C22H30N6OS. The van der Waals surface area contributed by atoms with Crippen LogP contribution in [-0.2, 0) is 24.4 Å². The van der Waals surface area contributed by atoms with Crippen molar-refractivity contribution >= 4 is 17.3 Å². The van der Waals surface area contributed by atoms with Gasteiger partial charge in [-0.2, -0.15) is 5.10 Å². The molecule has 0 aliphatic heterocycles. The Morgan fingerprint density at radius 1 is 1.30 bits per heavy atom. The predicted octanol–water partition coefficient (Wildman–Crippen LogP) is 3.69. The van der Waals surface area contributed by atoms with Gasteiger partial charge in [-0.15, -0.1) is 11.3 Å². The number of hydrogen-bond donors (Lipinski definition) is 1. The van der Waals surface area contributed by atoms with Crippen molar-refractivity contribution in [3.63, 3.8) is 0 Å². The van der Waals surface area contributed by atoms with E-state index in [1.54, 1.807) is 24.6 Å². The summed E-state index contributed by atoms with van der Waals surface area (Å²) in [7, 11) is 3.74. The fraction of sp³-hybridized carbons (Fsp3) is 0.409. The van der Waals surface area contributed by atoms with Crippen LogP contribution in [0.25, 0.3) is 0 Å². The Bertz CT molecular complexity index is 937. The van der Waals surface area contributed by atoms with Crippen molar-refractivity contribution in [3.05, 3.63) is 69.9 Å². The summed E-state index contributed by atoms with van der Waals surface area (Å²) >= 11 is 1.63. The minimum absolute atomic E-state index is 0.0160. The van der Waals surface area contributed by atoms with Crippen LogP contribution in [0.3, 0.4) is 0 Å². The Hall–Kier alpha value is -2.71. The molecule has 0 spiro atoms. The molecule has 0 saturated carbocycles. The van der Waals surface area contributed by atoms with Crippen LogP contribution in [-0.4, -0.2) is 46.3 Å². The van der Waals surface area contributed by atoms with E-state index >= 15 is 0 Å². The highest BCUT2D eigenvalue weighted by molar-refractivity contribution is 7.09. The van der Waals surface area contributed by atoms with Gasteiger partial charge in [0.05, 0.1) is 25.3 Å². The summed E-state index contributed by atoms with van der Waals surface area (Å²) in [5.41, 5.74) is 3.44. The van der Waals surface area contributed by atoms with E-state index in [2.05, 4.69) is 51.9 Å². The molecule has 0 aliphatic carbocycles. The third-order valence-corrected chi connectivity index (χ3v) is 5.83. The van der Waals surface area contributed by atoms with Gasteiger partial charge in [0.15, 0.2) is 5.96 Å². The van der Waals surface area contributed by atoms with Crippen molar-refractivity contribution < 1.29 is 4.74 Å². The van der Waals surface area contributed by atoms with E-state index in [0.717, 1.165) is 29.8 Å². The molecule has 0 saturated heterocycles. The Kier molecular flexibility index (Phi) is 7.98. The van der Waals surface area contributed by atoms with Gasteiger partial charge in [-0.25, -0.2) is 9.98 Å². The molecule has 0 radical (unpaired) electrons. The first-order chi connectivity index (χ1) is 14.6. The Morgan fingerprint density at radius 3 is 2.80 bits per heavy atom. The van der Waals surface area contributed by atoms with Gasteiger partial charge in [0.2, 0.25) is 0 Å². The molecule has 8 heteroatoms. The zero-order valence-electron chi connectivity index (χ0n) is 18.1. The second-order valence-corrected chi connectivity index (χ2v) is 7.94. The van der Waals surface area contributed by atoms with Crippen LogP contribution in [0.1, 0.15) is 41.8 Å². The third-order valence-electron chi connectivity index (χ3n) is 4.78. The van der Waals surface area contributed by atoms with Gasteiger partial charge in [0, 0.05) is 38.5 Å². The first kappa shape index (κ1) is 22.0. The normalized spacial score (nSPS) is 12.7. The standard InChI is InChI=1S/C22H30N6OS/c1-5-23-22(27(3)15-20-16-30-21(26-20)17(2)29-4)24-13-18-9-6-7-10-19(18)14-28-12-8-11-25-28/h6-12,16-17H,5,13-15H2,1-4H3,(H,23,24). The highest BCUT2D eigenvalue weighted by Gasteiger charge is 2.13. The van der Waals surface area contributed by atoms with Crippen LogP contribution in [0.2, 0.25) is 0 Å². The molecule has 1 atom stereocenters. The monoisotopic (exact) mass is 426 g/mol. The smallest absolute Gasteiger partial charge is 0.194 e. The number of aliphatic imine (C=N–C) groups is 1. The number of nitrogens with zero attached hydrogens (tertiary/aromatic N) is 5. The Balaban J connectivity index is 1.70. The molecule has 3 rings (SSSR count). The number of nitrogens with one attached hydrogen (secondary N) is 1. The first-order valence-electron chi connectivity index (χ1n) is 10.1. The minimum atomic E-state index is 0.0160. The fourth-order valence-electron chi connectivity index (χ4n) is 3.06. The van der Waals surface area contributed by atoms with E-state index in [-0.39, 0.29) is 6.10 Å². The van der Waals surface area contributed by atoms with Crippen LogP contribution in [0.5, 0.6) is 0 Å². The summed E-state index contributed by atoms with van der Waals surface area (Å²) in [6.07, 6.45) is 3.79. The van der Waals surface area contributed by atoms with Crippen molar-refractivity contribution in [2.75, 3.05) is 20.7 Å². The first-order valence-corrected chi connectivity index (χ1v) is 11.0. The summed E-state index contributed by atoms with van der Waals surface area (Å²) in [4.78, 5) is 11.7. The second-order valence-electron chi connectivity index (χ2n) is 7.05. The van der Waals surface area contributed by atoms with Crippen LogP contribution in [0.15, 0.2) is 53.1 Å². The zero-order chi connectivity index (χ0) is 21.3. The van der Waals surface area contributed by atoms with Crippen molar-refractivity contribution in [2.45, 2.75) is 39.6 Å². The molecule has 0 fully saturated rings. The van der Waals surface area contributed by atoms with Crippen LogP contribution in [0, 0.1) is 0 Å². The number of benzene rings is 1. The van der Waals surface area contributed by atoms with Crippen molar-refractivity contribution in [1.82, 2.24) is 25.0 Å². The number of methoxy groups -OCH3 is 1. The van der Waals surface area contributed by atoms with Crippen molar-refractivity contribution in [3.8, 4) is 0 Å². The lowest BCUT2D eigenvalue weighted by molar-refractivity contribution is 0.119. The predicted molar refractivity (Wildman–Crippen MR) is 122 cm³/mol. The number of hydrogen-bond acceptors (Lipinski definition) is 5. The van der Waals surface area contributed by atoms with E-state index in [9.17, 15) is 0 Å². The lowest BCUT2D eigenvalue weighted by Crippen LogP contribution is -2.38. The minimum Gasteiger partial charge on any atom is -0.375 e. The average Bonchev–Trinajstić information content (AvgIpc) is 3.43. The molecule has 160 valence electrons. The van der Waals surface area contributed by atoms with Gasteiger partial charge in [-0.05, 0) is 31.0 Å². The quantitative estimate of drug-likeness (QED) is 0.417. The number of guanidine groups is 1. The van der Waals surface area contributed by atoms with Crippen LogP contribution in [0.4, 0.5) is 0 Å². The van der Waals surface area contributed by atoms with Gasteiger partial charge in [0.1, 0.15) is 11.1 Å². The molecular weight excluding hydrogens is 396 g/mol. The summed E-state index contributed by atoms with van der Waals surface area (Å²) in [6.45, 7) is 6.93. The molecule has 2 heterocycles. The maximum Gasteiger partial charge on any atom is 0.194 e. The highest BCUT2D eigenvalue weighted by atomic mass is 32.1. The molecule has 2 aromatic heterocycles. The SMILES string of the molecule is CCNC(=NCc1ccccc1Cn1cccn1)N(C)Cc1csc(C(C)OC)n1. The van der Waals surface area contributed by atoms with Gasteiger partial charge >= 0.3 is 0 Å². The molecule has 3 aromatic rings. The largest absolute Gasteiger partial charge is 0.375 e. The highest BCUT2D eigenvalue weighted by Crippen LogP contribution is 2.21. The number of ether oxygens (including phenoxy) is 1. The van der Waals surface area contributed by atoms with Crippen LogP contribution >= 0.6 is 11.3 Å². The van der Waals surface area contributed by atoms with E-state index in [0.29, 0.717) is 13.1 Å². The molecule has 0 aliphatic rings. The molecule has 7 nitrogen and oxygen atoms in total. The van der Waals surface area contributed by atoms with Gasteiger partial charge < -0.3 is 15.0 Å². The van der Waals surface area contributed by atoms with Crippen molar-refractivity contribution in [2.24, 2.45) is 4.99 Å². The summed E-state index contributed by atoms with van der Waals surface area (Å²) in [6, 6.07) is 10.3. The maximum absolute atomic E-state index is 5.37.